The predicted octanol–water partition coefficient (Wildman–Crippen LogP) is 2.63. The number of carbonyl (C=O) groups excluding carboxylic acids is 1. The number of carbonyl (C=O) groups is 1. The van der Waals surface area contributed by atoms with Crippen LogP contribution in [-0.2, 0) is 11.3 Å². The second-order valence-electron chi connectivity index (χ2n) is 5.35. The second-order valence-corrected chi connectivity index (χ2v) is 5.35. The Balaban J connectivity index is 2.02. The molecule has 0 fully saturated rings. The van der Waals surface area contributed by atoms with E-state index in [2.05, 4.69) is 10.3 Å². The molecular weight excluding hydrogens is 276 g/mol. The number of amides is 1. The van der Waals surface area contributed by atoms with Crippen LogP contribution < -0.4 is 10.9 Å². The van der Waals surface area contributed by atoms with E-state index in [1.165, 1.54) is 6.08 Å². The van der Waals surface area contributed by atoms with Crippen LogP contribution in [0.25, 0.3) is 6.08 Å². The first-order chi connectivity index (χ1) is 10.5. The highest BCUT2D eigenvalue weighted by atomic mass is 16.1. The lowest BCUT2D eigenvalue weighted by Crippen LogP contribution is -2.26. The van der Waals surface area contributed by atoms with Gasteiger partial charge >= 0.3 is 0 Å². The average molecular weight is 296 g/mol. The van der Waals surface area contributed by atoms with E-state index in [1.54, 1.807) is 6.08 Å². The Morgan fingerprint density at radius 2 is 1.91 bits per heavy atom. The van der Waals surface area contributed by atoms with E-state index in [0.29, 0.717) is 5.56 Å². The van der Waals surface area contributed by atoms with Gasteiger partial charge in [-0.2, -0.15) is 0 Å². The molecular formula is C18H20N2O2. The molecule has 4 nitrogen and oxygen atoms in total. The monoisotopic (exact) mass is 296 g/mol. The zero-order chi connectivity index (χ0) is 16.1. The number of benzene rings is 1. The van der Waals surface area contributed by atoms with Crippen LogP contribution in [0.15, 0.2) is 41.2 Å². The summed E-state index contributed by atoms with van der Waals surface area (Å²) in [5.74, 6) is -0.220. The summed E-state index contributed by atoms with van der Waals surface area (Å²) in [6, 6.07) is 9.73. The van der Waals surface area contributed by atoms with Crippen molar-refractivity contribution in [3.63, 3.8) is 0 Å². The van der Waals surface area contributed by atoms with Crippen molar-refractivity contribution in [1.82, 2.24) is 10.3 Å². The fourth-order valence-corrected chi connectivity index (χ4v) is 2.27. The van der Waals surface area contributed by atoms with Gasteiger partial charge in [0.2, 0.25) is 5.91 Å². The molecule has 0 aliphatic heterocycles. The van der Waals surface area contributed by atoms with Crippen molar-refractivity contribution in [3.8, 4) is 0 Å². The Labute approximate surface area is 129 Å². The smallest absolute Gasteiger partial charge is 0.253 e. The number of aromatic nitrogens is 1. The Hall–Kier alpha value is -2.62. The molecule has 0 bridgehead atoms. The van der Waals surface area contributed by atoms with E-state index < -0.39 is 0 Å². The second kappa shape index (κ2) is 6.89. The zero-order valence-corrected chi connectivity index (χ0v) is 13.1. The number of aryl methyl sites for hydroxylation is 3. The molecule has 2 N–H and O–H groups in total. The van der Waals surface area contributed by atoms with Crippen molar-refractivity contribution in [1.29, 1.82) is 0 Å². The van der Waals surface area contributed by atoms with Crippen molar-refractivity contribution < 1.29 is 4.79 Å². The lowest BCUT2D eigenvalue weighted by atomic mass is 10.1. The summed E-state index contributed by atoms with van der Waals surface area (Å²) < 4.78 is 0. The summed E-state index contributed by atoms with van der Waals surface area (Å²) in [4.78, 5) is 26.5. The normalized spacial score (nSPS) is 10.9. The Morgan fingerprint density at radius 3 is 2.59 bits per heavy atom. The predicted molar refractivity (Wildman–Crippen MR) is 88.6 cm³/mol. The van der Waals surface area contributed by atoms with Gasteiger partial charge in [-0.3, -0.25) is 9.59 Å². The third kappa shape index (κ3) is 3.95. The molecule has 0 aliphatic rings. The van der Waals surface area contributed by atoms with E-state index in [1.807, 2.05) is 51.1 Å². The minimum Gasteiger partial charge on any atom is -0.348 e. The first kappa shape index (κ1) is 15.8. The van der Waals surface area contributed by atoms with Crippen LogP contribution in [-0.4, -0.2) is 10.9 Å². The number of H-pyrrole nitrogens is 1. The van der Waals surface area contributed by atoms with Crippen LogP contribution in [0.2, 0.25) is 0 Å². The van der Waals surface area contributed by atoms with Gasteiger partial charge in [0, 0.05) is 23.9 Å². The maximum Gasteiger partial charge on any atom is 0.253 e. The highest BCUT2D eigenvalue weighted by Crippen LogP contribution is 2.08. The summed E-state index contributed by atoms with van der Waals surface area (Å²) in [6.07, 6.45) is 3.26. The molecule has 0 radical (unpaired) electrons. The Morgan fingerprint density at radius 1 is 1.18 bits per heavy atom. The maximum absolute atomic E-state index is 11.9. The van der Waals surface area contributed by atoms with Gasteiger partial charge in [-0.1, -0.05) is 24.3 Å². The van der Waals surface area contributed by atoms with E-state index in [0.717, 1.165) is 22.4 Å². The highest BCUT2D eigenvalue weighted by Gasteiger charge is 2.06. The van der Waals surface area contributed by atoms with Crippen LogP contribution >= 0.6 is 0 Å². The zero-order valence-electron chi connectivity index (χ0n) is 13.1. The molecule has 0 aliphatic carbocycles. The minimum absolute atomic E-state index is 0.152. The first-order valence-corrected chi connectivity index (χ1v) is 7.18. The molecule has 1 aromatic heterocycles. The molecule has 2 aromatic rings. The molecule has 0 atom stereocenters. The number of pyridine rings is 1. The molecule has 1 aromatic carbocycles. The van der Waals surface area contributed by atoms with Crippen LogP contribution in [0.3, 0.4) is 0 Å². The topological polar surface area (TPSA) is 62.0 Å². The molecule has 1 heterocycles. The van der Waals surface area contributed by atoms with E-state index in [4.69, 9.17) is 0 Å². The summed E-state index contributed by atoms with van der Waals surface area (Å²) in [6.45, 7) is 5.92. The van der Waals surface area contributed by atoms with Gasteiger partial charge in [0.15, 0.2) is 0 Å². The van der Waals surface area contributed by atoms with Crippen molar-refractivity contribution >= 4 is 12.0 Å². The third-order valence-corrected chi connectivity index (χ3v) is 3.54. The molecule has 0 saturated carbocycles. The summed E-state index contributed by atoms with van der Waals surface area (Å²) in [7, 11) is 0. The van der Waals surface area contributed by atoms with Crippen LogP contribution in [0.4, 0.5) is 0 Å². The van der Waals surface area contributed by atoms with Crippen LogP contribution in [0.1, 0.15) is 27.9 Å². The summed E-state index contributed by atoms with van der Waals surface area (Å²) >= 11 is 0. The molecule has 0 saturated heterocycles. The quantitative estimate of drug-likeness (QED) is 0.852. The van der Waals surface area contributed by atoms with Crippen molar-refractivity contribution in [2.45, 2.75) is 27.3 Å². The highest BCUT2D eigenvalue weighted by molar-refractivity contribution is 5.91. The average Bonchev–Trinajstić information content (AvgIpc) is 2.45. The maximum atomic E-state index is 11.9. The Bertz CT molecular complexity index is 773. The fraction of sp³-hybridized carbons (Fsp3) is 0.222. The van der Waals surface area contributed by atoms with Crippen LogP contribution in [0.5, 0.6) is 0 Å². The molecule has 22 heavy (non-hydrogen) atoms. The minimum atomic E-state index is -0.220. The fourth-order valence-electron chi connectivity index (χ4n) is 2.27. The molecule has 1 amide bonds. The first-order valence-electron chi connectivity index (χ1n) is 7.18. The third-order valence-electron chi connectivity index (χ3n) is 3.54. The molecule has 4 heteroatoms. The van der Waals surface area contributed by atoms with Gasteiger partial charge < -0.3 is 10.3 Å². The number of hydrogen-bond acceptors (Lipinski definition) is 2. The standard InChI is InChI=1S/C18H20N2O2/c1-12-6-4-5-7-15(12)8-9-17(21)19-11-16-13(2)10-14(3)20-18(16)22/h4-10H,11H2,1-3H3,(H,19,21)(H,20,22). The number of nitrogens with one attached hydrogen (secondary N) is 2. The lowest BCUT2D eigenvalue weighted by Gasteiger charge is -2.06. The number of rotatable bonds is 4. The molecule has 0 spiro atoms. The van der Waals surface area contributed by atoms with E-state index in [9.17, 15) is 9.59 Å². The SMILES string of the molecule is Cc1cc(C)c(CNC(=O)C=Cc2ccccc2C)c(=O)[nH]1. The largest absolute Gasteiger partial charge is 0.348 e. The van der Waals surface area contributed by atoms with Gasteiger partial charge in [-0.25, -0.2) is 0 Å². The Kier molecular flexibility index (Phi) is 4.94. The number of hydrogen-bond donors (Lipinski definition) is 2. The van der Waals surface area contributed by atoms with E-state index in [-0.39, 0.29) is 18.0 Å². The van der Waals surface area contributed by atoms with Gasteiger partial charge in [-0.15, -0.1) is 0 Å². The van der Waals surface area contributed by atoms with Gasteiger partial charge in [0.25, 0.3) is 5.56 Å². The van der Waals surface area contributed by atoms with Crippen LogP contribution in [0, 0.1) is 20.8 Å². The van der Waals surface area contributed by atoms with Crippen molar-refractivity contribution in [2.75, 3.05) is 0 Å². The van der Waals surface area contributed by atoms with Gasteiger partial charge in [0.05, 0.1) is 0 Å². The summed E-state index contributed by atoms with van der Waals surface area (Å²) in [5, 5.41) is 2.74. The van der Waals surface area contributed by atoms with Crippen molar-refractivity contribution in [3.05, 3.63) is 74.7 Å². The van der Waals surface area contributed by atoms with Gasteiger partial charge in [-0.05, 0) is 49.6 Å². The summed E-state index contributed by atoms with van der Waals surface area (Å²) in [5.41, 5.74) is 4.24. The van der Waals surface area contributed by atoms with Crippen molar-refractivity contribution in [2.24, 2.45) is 0 Å². The molecule has 114 valence electrons. The molecule has 0 unspecified atom stereocenters. The van der Waals surface area contributed by atoms with E-state index >= 15 is 0 Å². The van der Waals surface area contributed by atoms with Gasteiger partial charge in [0.1, 0.15) is 0 Å². The number of aromatic amines is 1. The molecule has 2 rings (SSSR count). The lowest BCUT2D eigenvalue weighted by molar-refractivity contribution is -0.116.